The number of pyridine rings is 1. The fourth-order valence-corrected chi connectivity index (χ4v) is 2.34. The van der Waals surface area contributed by atoms with Crippen LogP contribution in [0, 0.1) is 13.8 Å². The number of rotatable bonds is 4. The van der Waals surface area contributed by atoms with Crippen molar-refractivity contribution in [2.24, 2.45) is 0 Å². The number of carbonyl (C=O) groups is 1. The van der Waals surface area contributed by atoms with Crippen molar-refractivity contribution < 1.29 is 9.90 Å². The van der Waals surface area contributed by atoms with Gasteiger partial charge in [-0.1, -0.05) is 0 Å². The van der Waals surface area contributed by atoms with E-state index in [-0.39, 0.29) is 18.2 Å². The second kappa shape index (κ2) is 6.62. The van der Waals surface area contributed by atoms with E-state index < -0.39 is 0 Å². The Morgan fingerprint density at radius 2 is 2.00 bits per heavy atom. The van der Waals surface area contributed by atoms with Gasteiger partial charge in [-0.05, 0) is 43.5 Å². The first-order valence-electron chi connectivity index (χ1n) is 7.19. The molecule has 0 aliphatic rings. The number of fused-ring (bicyclic) bond motifs is 1. The molecule has 2 amide bonds. The third kappa shape index (κ3) is 3.46. The lowest BCUT2D eigenvalue weighted by Gasteiger charge is -2.19. The summed E-state index contributed by atoms with van der Waals surface area (Å²) in [5, 5.41) is 12.6. The Balaban J connectivity index is 2.30. The minimum atomic E-state index is -0.224. The Labute approximate surface area is 128 Å². The van der Waals surface area contributed by atoms with Crippen molar-refractivity contribution in [1.82, 2.24) is 9.88 Å². The number of carbonyl (C=O) groups excluding carboxylic acids is 1. The largest absolute Gasteiger partial charge is 0.396 e. The van der Waals surface area contributed by atoms with E-state index in [1.807, 2.05) is 26.0 Å². The zero-order valence-corrected chi connectivity index (χ0v) is 13.1. The van der Waals surface area contributed by atoms with Gasteiger partial charge in [0.1, 0.15) is 0 Å². The van der Waals surface area contributed by atoms with E-state index >= 15 is 0 Å². The molecule has 6 heteroatoms. The lowest BCUT2D eigenvalue weighted by atomic mass is 10.1. The van der Waals surface area contributed by atoms with Gasteiger partial charge < -0.3 is 20.3 Å². The molecule has 0 aliphatic heterocycles. The highest BCUT2D eigenvalue weighted by Crippen LogP contribution is 2.24. The second-order valence-electron chi connectivity index (χ2n) is 5.46. The van der Waals surface area contributed by atoms with Crippen LogP contribution in [0.1, 0.15) is 17.5 Å². The van der Waals surface area contributed by atoms with Gasteiger partial charge in [-0.3, -0.25) is 4.79 Å². The summed E-state index contributed by atoms with van der Waals surface area (Å²) in [6.07, 6.45) is 0.543. The van der Waals surface area contributed by atoms with Gasteiger partial charge >= 0.3 is 6.03 Å². The Morgan fingerprint density at radius 3 is 2.68 bits per heavy atom. The van der Waals surface area contributed by atoms with Gasteiger partial charge in [0, 0.05) is 42.9 Å². The van der Waals surface area contributed by atoms with Crippen LogP contribution in [0.15, 0.2) is 23.0 Å². The summed E-state index contributed by atoms with van der Waals surface area (Å²) < 4.78 is 0. The van der Waals surface area contributed by atoms with Crippen molar-refractivity contribution in [3.63, 3.8) is 0 Å². The molecule has 0 bridgehead atoms. The van der Waals surface area contributed by atoms with Crippen LogP contribution in [0.4, 0.5) is 10.5 Å². The Bertz CT molecular complexity index is 752. The number of aliphatic hydroxyl groups is 1. The first-order chi connectivity index (χ1) is 10.4. The number of urea groups is 1. The summed E-state index contributed by atoms with van der Waals surface area (Å²) >= 11 is 0. The molecule has 6 nitrogen and oxygen atoms in total. The van der Waals surface area contributed by atoms with Crippen LogP contribution in [0.25, 0.3) is 10.9 Å². The number of hydrogen-bond acceptors (Lipinski definition) is 3. The smallest absolute Gasteiger partial charge is 0.321 e. The number of aryl methyl sites for hydroxylation is 2. The number of benzene rings is 1. The number of amides is 2. The van der Waals surface area contributed by atoms with Crippen molar-refractivity contribution in [2.75, 3.05) is 25.5 Å². The zero-order valence-electron chi connectivity index (χ0n) is 13.1. The number of aromatic amines is 1. The summed E-state index contributed by atoms with van der Waals surface area (Å²) in [6.45, 7) is 4.29. The topological polar surface area (TPSA) is 85.4 Å². The Kier molecular flexibility index (Phi) is 4.82. The first-order valence-corrected chi connectivity index (χ1v) is 7.19. The molecular weight excluding hydrogens is 282 g/mol. The normalized spacial score (nSPS) is 10.7. The molecule has 0 saturated carbocycles. The molecule has 1 aromatic heterocycles. The molecule has 0 atom stereocenters. The van der Waals surface area contributed by atoms with Crippen LogP contribution >= 0.6 is 0 Å². The summed E-state index contributed by atoms with van der Waals surface area (Å²) in [4.78, 5) is 28.0. The maximum atomic E-state index is 12.1. The molecule has 2 aromatic rings. The van der Waals surface area contributed by atoms with E-state index in [0.29, 0.717) is 18.7 Å². The van der Waals surface area contributed by atoms with E-state index in [0.717, 1.165) is 22.0 Å². The molecule has 0 unspecified atom stereocenters. The first kappa shape index (κ1) is 16.0. The summed E-state index contributed by atoms with van der Waals surface area (Å²) in [5.74, 6) is 0. The SMILES string of the molecule is Cc1cc2[nH]c(=O)cc(C)c2cc1NC(=O)N(C)CCCO. The lowest BCUT2D eigenvalue weighted by Crippen LogP contribution is -2.32. The number of aromatic nitrogens is 1. The van der Waals surface area contributed by atoms with Gasteiger partial charge in [0.05, 0.1) is 0 Å². The van der Waals surface area contributed by atoms with Crippen LogP contribution < -0.4 is 10.9 Å². The fourth-order valence-electron chi connectivity index (χ4n) is 2.34. The highest BCUT2D eigenvalue weighted by atomic mass is 16.3. The Hall–Kier alpha value is -2.34. The van der Waals surface area contributed by atoms with E-state index in [4.69, 9.17) is 5.11 Å². The summed E-state index contributed by atoms with van der Waals surface area (Å²) in [6, 6.07) is 5.04. The molecule has 3 N–H and O–H groups in total. The fraction of sp³-hybridized carbons (Fsp3) is 0.375. The van der Waals surface area contributed by atoms with Crippen molar-refractivity contribution in [2.45, 2.75) is 20.3 Å². The zero-order chi connectivity index (χ0) is 16.3. The monoisotopic (exact) mass is 303 g/mol. The Morgan fingerprint density at radius 1 is 1.27 bits per heavy atom. The van der Waals surface area contributed by atoms with Gasteiger partial charge in [-0.2, -0.15) is 0 Å². The molecule has 118 valence electrons. The molecule has 0 spiro atoms. The van der Waals surface area contributed by atoms with E-state index in [9.17, 15) is 9.59 Å². The number of nitrogens with one attached hydrogen (secondary N) is 2. The van der Waals surface area contributed by atoms with Gasteiger partial charge in [-0.25, -0.2) is 4.79 Å². The lowest BCUT2D eigenvalue weighted by molar-refractivity contribution is 0.214. The highest BCUT2D eigenvalue weighted by molar-refractivity contribution is 5.94. The van der Waals surface area contributed by atoms with E-state index in [1.54, 1.807) is 7.05 Å². The molecule has 22 heavy (non-hydrogen) atoms. The van der Waals surface area contributed by atoms with Crippen LogP contribution in [-0.2, 0) is 0 Å². The van der Waals surface area contributed by atoms with Crippen molar-refractivity contribution in [1.29, 1.82) is 0 Å². The number of hydrogen-bond donors (Lipinski definition) is 3. The van der Waals surface area contributed by atoms with Crippen molar-refractivity contribution >= 4 is 22.6 Å². The second-order valence-corrected chi connectivity index (χ2v) is 5.46. The van der Waals surface area contributed by atoms with Gasteiger partial charge in [0.2, 0.25) is 5.56 Å². The number of H-pyrrole nitrogens is 1. The van der Waals surface area contributed by atoms with Crippen LogP contribution in [0.3, 0.4) is 0 Å². The average Bonchev–Trinajstić information content (AvgIpc) is 2.45. The number of nitrogens with zero attached hydrogens (tertiary/aromatic N) is 1. The van der Waals surface area contributed by atoms with Crippen LogP contribution in [0.5, 0.6) is 0 Å². The molecule has 1 heterocycles. The average molecular weight is 303 g/mol. The maximum Gasteiger partial charge on any atom is 0.321 e. The third-order valence-corrected chi connectivity index (χ3v) is 3.63. The highest BCUT2D eigenvalue weighted by Gasteiger charge is 2.11. The number of anilines is 1. The minimum Gasteiger partial charge on any atom is -0.396 e. The minimum absolute atomic E-state index is 0.0547. The predicted molar refractivity (Wildman–Crippen MR) is 87.4 cm³/mol. The molecule has 0 aliphatic carbocycles. The summed E-state index contributed by atoms with van der Waals surface area (Å²) in [7, 11) is 1.68. The van der Waals surface area contributed by atoms with Crippen LogP contribution in [0.2, 0.25) is 0 Å². The standard InChI is InChI=1S/C16H21N3O3/c1-10-8-15(21)17-14-7-11(2)13(9-12(10)14)18-16(22)19(3)5-4-6-20/h7-9,20H,4-6H2,1-3H3,(H,17,21)(H,18,22). The summed E-state index contributed by atoms with van der Waals surface area (Å²) in [5.41, 5.74) is 3.07. The van der Waals surface area contributed by atoms with Crippen molar-refractivity contribution in [3.05, 3.63) is 39.7 Å². The van der Waals surface area contributed by atoms with Gasteiger partial charge in [0.15, 0.2) is 0 Å². The molecule has 0 saturated heterocycles. The van der Waals surface area contributed by atoms with E-state index in [1.165, 1.54) is 11.0 Å². The molecular formula is C16H21N3O3. The quantitative estimate of drug-likeness (QED) is 0.807. The van der Waals surface area contributed by atoms with Crippen molar-refractivity contribution in [3.8, 4) is 0 Å². The third-order valence-electron chi connectivity index (χ3n) is 3.63. The maximum absolute atomic E-state index is 12.1. The molecule has 2 rings (SSSR count). The predicted octanol–water partition coefficient (Wildman–Crippen LogP) is 1.99. The molecule has 1 aromatic carbocycles. The van der Waals surface area contributed by atoms with Gasteiger partial charge in [-0.15, -0.1) is 0 Å². The number of aliphatic hydroxyl groups excluding tert-OH is 1. The molecule has 0 fully saturated rings. The molecule has 0 radical (unpaired) electrons. The van der Waals surface area contributed by atoms with Crippen LogP contribution in [-0.4, -0.2) is 41.2 Å². The van der Waals surface area contributed by atoms with E-state index in [2.05, 4.69) is 10.3 Å². The van der Waals surface area contributed by atoms with Gasteiger partial charge in [0.25, 0.3) is 0 Å².